The Morgan fingerprint density at radius 3 is 2.76 bits per heavy atom. The molecule has 0 saturated carbocycles. The standard InChI is InChI=1S/C11H13BrN4S/c1-6(13)9-4-3-8(5-10(9)12)17-11-14-7(2)15-16-11/h3-6H,13H2,1-2H3,(H,14,15,16)/t6-/m0/s1. The van der Waals surface area contributed by atoms with E-state index in [2.05, 4.69) is 31.1 Å². The summed E-state index contributed by atoms with van der Waals surface area (Å²) in [5, 5.41) is 7.63. The molecule has 0 saturated heterocycles. The second-order valence-corrected chi connectivity index (χ2v) is 5.67. The molecule has 0 amide bonds. The summed E-state index contributed by atoms with van der Waals surface area (Å²) in [6, 6.07) is 6.11. The van der Waals surface area contributed by atoms with E-state index in [1.54, 1.807) is 0 Å². The van der Waals surface area contributed by atoms with Crippen LogP contribution >= 0.6 is 27.7 Å². The van der Waals surface area contributed by atoms with Gasteiger partial charge in [-0.15, -0.1) is 5.10 Å². The molecule has 6 heteroatoms. The summed E-state index contributed by atoms with van der Waals surface area (Å²) >= 11 is 5.04. The van der Waals surface area contributed by atoms with E-state index >= 15 is 0 Å². The topological polar surface area (TPSA) is 67.6 Å². The third-order valence-electron chi connectivity index (χ3n) is 2.25. The zero-order valence-electron chi connectivity index (χ0n) is 9.57. The van der Waals surface area contributed by atoms with Gasteiger partial charge in [-0.05, 0) is 43.3 Å². The molecule has 0 bridgehead atoms. The summed E-state index contributed by atoms with van der Waals surface area (Å²) in [5.41, 5.74) is 6.95. The maximum Gasteiger partial charge on any atom is 0.213 e. The number of hydrogen-bond acceptors (Lipinski definition) is 4. The Morgan fingerprint density at radius 2 is 2.24 bits per heavy atom. The van der Waals surface area contributed by atoms with E-state index in [1.165, 1.54) is 11.8 Å². The minimum absolute atomic E-state index is 0.0224. The van der Waals surface area contributed by atoms with Crippen molar-refractivity contribution in [3.8, 4) is 0 Å². The van der Waals surface area contributed by atoms with Gasteiger partial charge >= 0.3 is 0 Å². The van der Waals surface area contributed by atoms with E-state index < -0.39 is 0 Å². The Labute approximate surface area is 113 Å². The van der Waals surface area contributed by atoms with Gasteiger partial charge in [-0.1, -0.05) is 22.0 Å². The summed E-state index contributed by atoms with van der Waals surface area (Å²) in [6.07, 6.45) is 0. The van der Waals surface area contributed by atoms with Crippen LogP contribution < -0.4 is 5.73 Å². The number of halogens is 1. The van der Waals surface area contributed by atoms with Crippen LogP contribution in [0.5, 0.6) is 0 Å². The van der Waals surface area contributed by atoms with Crippen LogP contribution in [-0.4, -0.2) is 15.2 Å². The van der Waals surface area contributed by atoms with Crippen LogP contribution in [0.4, 0.5) is 0 Å². The number of H-pyrrole nitrogens is 1. The molecule has 1 atom stereocenters. The molecule has 4 nitrogen and oxygen atoms in total. The maximum absolute atomic E-state index is 5.85. The van der Waals surface area contributed by atoms with Crippen molar-refractivity contribution in [2.75, 3.05) is 0 Å². The van der Waals surface area contributed by atoms with Crippen molar-refractivity contribution >= 4 is 27.7 Å². The van der Waals surface area contributed by atoms with E-state index in [9.17, 15) is 0 Å². The van der Waals surface area contributed by atoms with Gasteiger partial charge in [0.05, 0.1) is 0 Å². The molecule has 3 N–H and O–H groups in total. The highest BCUT2D eigenvalue weighted by Gasteiger charge is 2.08. The first-order valence-corrected chi connectivity index (χ1v) is 6.79. The highest BCUT2D eigenvalue weighted by atomic mass is 79.9. The third kappa shape index (κ3) is 3.08. The van der Waals surface area contributed by atoms with Crippen molar-refractivity contribution in [2.45, 2.75) is 29.9 Å². The van der Waals surface area contributed by atoms with Gasteiger partial charge in [0, 0.05) is 15.4 Å². The fourth-order valence-electron chi connectivity index (χ4n) is 1.41. The zero-order chi connectivity index (χ0) is 12.4. The lowest BCUT2D eigenvalue weighted by Gasteiger charge is -2.09. The number of rotatable bonds is 3. The molecule has 1 heterocycles. The van der Waals surface area contributed by atoms with Gasteiger partial charge in [0.15, 0.2) is 0 Å². The molecule has 0 aliphatic rings. The van der Waals surface area contributed by atoms with Crippen molar-refractivity contribution in [3.63, 3.8) is 0 Å². The number of nitrogens with zero attached hydrogens (tertiary/aromatic N) is 2. The molecule has 2 rings (SSSR count). The van der Waals surface area contributed by atoms with Crippen LogP contribution in [0.15, 0.2) is 32.7 Å². The molecule has 90 valence electrons. The molecule has 1 aromatic carbocycles. The van der Waals surface area contributed by atoms with Crippen LogP contribution in [0, 0.1) is 6.92 Å². The quantitative estimate of drug-likeness (QED) is 0.914. The number of aromatic nitrogens is 3. The predicted molar refractivity (Wildman–Crippen MR) is 72.0 cm³/mol. The second-order valence-electron chi connectivity index (χ2n) is 3.78. The molecular weight excluding hydrogens is 300 g/mol. The Kier molecular flexibility index (Phi) is 3.86. The van der Waals surface area contributed by atoms with Crippen molar-refractivity contribution in [3.05, 3.63) is 34.1 Å². The van der Waals surface area contributed by atoms with Crippen LogP contribution in [0.1, 0.15) is 24.4 Å². The average Bonchev–Trinajstić information content (AvgIpc) is 2.63. The maximum atomic E-state index is 5.85. The van der Waals surface area contributed by atoms with Crippen LogP contribution in [0.3, 0.4) is 0 Å². The third-order valence-corrected chi connectivity index (χ3v) is 3.79. The second kappa shape index (κ2) is 5.20. The fraction of sp³-hybridized carbons (Fsp3) is 0.273. The summed E-state index contributed by atoms with van der Waals surface area (Å²) in [5.74, 6) is 0.818. The van der Waals surface area contributed by atoms with E-state index in [0.717, 1.165) is 25.9 Å². The van der Waals surface area contributed by atoms with E-state index in [-0.39, 0.29) is 6.04 Å². The van der Waals surface area contributed by atoms with Gasteiger partial charge in [-0.2, -0.15) is 0 Å². The van der Waals surface area contributed by atoms with Gasteiger partial charge < -0.3 is 5.73 Å². The molecule has 0 aliphatic carbocycles. The zero-order valence-corrected chi connectivity index (χ0v) is 12.0. The van der Waals surface area contributed by atoms with Gasteiger partial charge in [0.2, 0.25) is 5.16 Å². The lowest BCUT2D eigenvalue weighted by atomic mass is 10.1. The summed E-state index contributed by atoms with van der Waals surface area (Å²) in [6.45, 7) is 3.84. The number of nitrogens with two attached hydrogens (primary N) is 1. The predicted octanol–water partition coefficient (Wildman–Crippen LogP) is 3.05. The highest BCUT2D eigenvalue weighted by molar-refractivity contribution is 9.10. The summed E-state index contributed by atoms with van der Waals surface area (Å²) < 4.78 is 1.02. The van der Waals surface area contributed by atoms with Crippen LogP contribution in [-0.2, 0) is 0 Å². The molecule has 0 aliphatic heterocycles. The summed E-state index contributed by atoms with van der Waals surface area (Å²) in [7, 11) is 0. The van der Waals surface area contributed by atoms with Crippen molar-refractivity contribution in [2.24, 2.45) is 5.73 Å². The molecule has 17 heavy (non-hydrogen) atoms. The molecule has 0 fully saturated rings. The summed E-state index contributed by atoms with van der Waals surface area (Å²) in [4.78, 5) is 5.33. The number of aromatic amines is 1. The Morgan fingerprint density at radius 1 is 1.47 bits per heavy atom. The number of aryl methyl sites for hydroxylation is 1. The van der Waals surface area contributed by atoms with Crippen molar-refractivity contribution in [1.82, 2.24) is 15.2 Å². The Hall–Kier alpha value is -0.850. The van der Waals surface area contributed by atoms with Crippen LogP contribution in [0.25, 0.3) is 0 Å². The van der Waals surface area contributed by atoms with Crippen molar-refractivity contribution < 1.29 is 0 Å². The fourth-order valence-corrected chi connectivity index (χ4v) is 3.10. The Balaban J connectivity index is 2.20. The van der Waals surface area contributed by atoms with Crippen molar-refractivity contribution in [1.29, 1.82) is 0 Å². The first kappa shape index (κ1) is 12.6. The number of benzene rings is 1. The van der Waals surface area contributed by atoms with Gasteiger partial charge in [0.25, 0.3) is 0 Å². The lowest BCUT2D eigenvalue weighted by molar-refractivity contribution is 0.811. The highest BCUT2D eigenvalue weighted by Crippen LogP contribution is 2.30. The minimum atomic E-state index is 0.0224. The van der Waals surface area contributed by atoms with E-state index in [1.807, 2.05) is 32.0 Å². The lowest BCUT2D eigenvalue weighted by Crippen LogP contribution is -2.05. The average molecular weight is 313 g/mol. The molecular formula is C11H13BrN4S. The minimum Gasteiger partial charge on any atom is -0.324 e. The molecule has 0 unspecified atom stereocenters. The monoisotopic (exact) mass is 312 g/mol. The van der Waals surface area contributed by atoms with Crippen LogP contribution in [0.2, 0.25) is 0 Å². The molecule has 2 aromatic rings. The van der Waals surface area contributed by atoms with E-state index in [4.69, 9.17) is 5.73 Å². The Bertz CT molecular complexity index is 524. The van der Waals surface area contributed by atoms with Gasteiger partial charge in [-0.25, -0.2) is 4.98 Å². The molecule has 1 aromatic heterocycles. The van der Waals surface area contributed by atoms with Gasteiger partial charge in [0.1, 0.15) is 5.82 Å². The van der Waals surface area contributed by atoms with E-state index in [0.29, 0.717) is 0 Å². The SMILES string of the molecule is Cc1nc(Sc2ccc([C@H](C)N)c(Br)c2)n[nH]1. The molecule has 0 radical (unpaired) electrons. The first-order chi connectivity index (χ1) is 8.06. The van der Waals surface area contributed by atoms with Gasteiger partial charge in [-0.3, -0.25) is 5.10 Å². The first-order valence-electron chi connectivity index (χ1n) is 5.18. The number of hydrogen-bond donors (Lipinski definition) is 2. The largest absolute Gasteiger partial charge is 0.324 e. The normalized spacial score (nSPS) is 12.7. The number of nitrogens with one attached hydrogen (secondary N) is 1. The smallest absolute Gasteiger partial charge is 0.213 e. The molecule has 0 spiro atoms.